The van der Waals surface area contributed by atoms with E-state index in [1.807, 2.05) is 0 Å². The molecule has 0 saturated heterocycles. The first-order chi connectivity index (χ1) is 3.85. The monoisotopic (exact) mass is 190 g/mol. The summed E-state index contributed by atoms with van der Waals surface area (Å²) in [4.78, 5) is 9.81. The van der Waals surface area contributed by atoms with E-state index in [1.165, 1.54) is 13.3 Å². The predicted octanol–water partition coefficient (Wildman–Crippen LogP) is -4.32. The number of aliphatic hydroxyl groups is 1. The molecule has 0 aromatic carbocycles. The van der Waals surface area contributed by atoms with Crippen molar-refractivity contribution in [1.29, 1.82) is 0 Å². The van der Waals surface area contributed by atoms with Crippen molar-refractivity contribution in [3.8, 4) is 0 Å². The molecule has 0 rings (SSSR count). The molecular weight excluding hydrogens is 182 g/mol. The SMILES string of the molecule is CP(C)(=O)C(O)C(=O)[O-].[K+]. The zero-order chi connectivity index (χ0) is 7.65. The van der Waals surface area contributed by atoms with Crippen LogP contribution in [0.4, 0.5) is 0 Å². The number of aliphatic carboxylic acids is 1. The Morgan fingerprint density at radius 3 is 1.90 bits per heavy atom. The van der Waals surface area contributed by atoms with Crippen molar-refractivity contribution in [3.05, 3.63) is 0 Å². The van der Waals surface area contributed by atoms with E-state index in [0.29, 0.717) is 0 Å². The molecule has 0 aromatic rings. The van der Waals surface area contributed by atoms with Gasteiger partial charge >= 0.3 is 51.4 Å². The van der Waals surface area contributed by atoms with Crippen LogP contribution < -0.4 is 56.5 Å². The number of rotatable bonds is 2. The van der Waals surface area contributed by atoms with E-state index < -0.39 is 19.0 Å². The summed E-state index contributed by atoms with van der Waals surface area (Å²) in [5.74, 6) is -3.50. The summed E-state index contributed by atoms with van der Waals surface area (Å²) >= 11 is 0. The predicted molar refractivity (Wildman–Crippen MR) is 30.5 cm³/mol. The Bertz CT molecular complexity index is 163. The summed E-state index contributed by atoms with van der Waals surface area (Å²) in [5.41, 5.74) is 0. The fourth-order valence-corrected chi connectivity index (χ4v) is 0.762. The Balaban J connectivity index is 0. The molecule has 4 nitrogen and oxygen atoms in total. The van der Waals surface area contributed by atoms with Crippen molar-refractivity contribution in [2.75, 3.05) is 13.3 Å². The second kappa shape index (κ2) is 5.03. The number of carbonyl (C=O) groups is 1. The smallest absolute Gasteiger partial charge is 0.547 e. The Kier molecular flexibility index (Phi) is 6.97. The van der Waals surface area contributed by atoms with Crippen LogP contribution in [0.25, 0.3) is 0 Å². The van der Waals surface area contributed by atoms with Gasteiger partial charge in [-0.05, 0) is 13.3 Å². The molecular formula is C4H8KO4P. The Morgan fingerprint density at radius 2 is 1.90 bits per heavy atom. The first-order valence-corrected chi connectivity index (χ1v) is 4.96. The summed E-state index contributed by atoms with van der Waals surface area (Å²) in [6, 6.07) is 0. The van der Waals surface area contributed by atoms with Gasteiger partial charge in [0.2, 0.25) is 0 Å². The van der Waals surface area contributed by atoms with Gasteiger partial charge < -0.3 is 19.6 Å². The minimum atomic E-state index is -2.92. The molecule has 54 valence electrons. The van der Waals surface area contributed by atoms with Gasteiger partial charge in [0, 0.05) is 0 Å². The van der Waals surface area contributed by atoms with E-state index in [1.54, 1.807) is 0 Å². The van der Waals surface area contributed by atoms with E-state index in [9.17, 15) is 14.5 Å². The number of carboxylic acid groups (broad SMARTS) is 1. The summed E-state index contributed by atoms with van der Waals surface area (Å²) in [6.45, 7) is 2.38. The van der Waals surface area contributed by atoms with Crippen molar-refractivity contribution in [1.82, 2.24) is 0 Å². The van der Waals surface area contributed by atoms with Crippen molar-refractivity contribution in [2.45, 2.75) is 5.85 Å². The van der Waals surface area contributed by atoms with Crippen molar-refractivity contribution in [3.63, 3.8) is 0 Å². The first kappa shape index (κ1) is 13.9. The van der Waals surface area contributed by atoms with E-state index in [-0.39, 0.29) is 51.4 Å². The molecule has 0 amide bonds. The molecule has 0 aliphatic rings. The summed E-state index contributed by atoms with van der Waals surface area (Å²) in [5, 5.41) is 18.4. The molecule has 6 heteroatoms. The van der Waals surface area contributed by atoms with Gasteiger partial charge in [-0.25, -0.2) is 0 Å². The quantitative estimate of drug-likeness (QED) is 0.353. The van der Waals surface area contributed by atoms with Crippen molar-refractivity contribution >= 4 is 13.1 Å². The van der Waals surface area contributed by atoms with Crippen LogP contribution in [0, 0.1) is 0 Å². The van der Waals surface area contributed by atoms with E-state index in [0.717, 1.165) is 0 Å². The summed E-state index contributed by atoms with van der Waals surface area (Å²) < 4.78 is 10.7. The molecule has 1 N–H and O–H groups in total. The molecule has 0 radical (unpaired) electrons. The number of hydrogen-bond acceptors (Lipinski definition) is 4. The van der Waals surface area contributed by atoms with E-state index >= 15 is 0 Å². The van der Waals surface area contributed by atoms with Gasteiger partial charge in [-0.2, -0.15) is 0 Å². The molecule has 0 fully saturated rings. The third kappa shape index (κ3) is 5.01. The van der Waals surface area contributed by atoms with Crippen LogP contribution in [0.2, 0.25) is 0 Å². The number of carbonyl (C=O) groups excluding carboxylic acids is 1. The third-order valence-corrected chi connectivity index (χ3v) is 2.19. The van der Waals surface area contributed by atoms with E-state index in [2.05, 4.69) is 0 Å². The maximum atomic E-state index is 10.7. The summed E-state index contributed by atoms with van der Waals surface area (Å²) in [7, 11) is -2.92. The van der Waals surface area contributed by atoms with Crippen LogP contribution in [-0.2, 0) is 9.36 Å². The van der Waals surface area contributed by atoms with E-state index in [4.69, 9.17) is 5.11 Å². The third-order valence-electron chi connectivity index (χ3n) is 0.800. The van der Waals surface area contributed by atoms with Crippen LogP contribution in [-0.4, -0.2) is 30.3 Å². The van der Waals surface area contributed by atoms with Gasteiger partial charge in [-0.15, -0.1) is 0 Å². The van der Waals surface area contributed by atoms with Crippen LogP contribution in [0.15, 0.2) is 0 Å². The van der Waals surface area contributed by atoms with Gasteiger partial charge in [-0.3, -0.25) is 0 Å². The van der Waals surface area contributed by atoms with Gasteiger partial charge in [-0.1, -0.05) is 0 Å². The van der Waals surface area contributed by atoms with Crippen molar-refractivity contribution in [2.24, 2.45) is 0 Å². The Hall–Kier alpha value is 1.30. The molecule has 1 atom stereocenters. The Labute approximate surface area is 102 Å². The minimum Gasteiger partial charge on any atom is -0.547 e. The zero-order valence-corrected chi connectivity index (χ0v) is 10.2. The minimum absolute atomic E-state index is 0. The largest absolute Gasteiger partial charge is 1.00 e. The summed E-state index contributed by atoms with van der Waals surface area (Å²) in [6.07, 6.45) is 0. The maximum Gasteiger partial charge on any atom is 1.00 e. The normalized spacial score (nSPS) is 13.5. The molecule has 1 unspecified atom stereocenters. The fourth-order valence-electron chi connectivity index (χ4n) is 0.254. The standard InChI is InChI=1S/C4H9O4P.K/c1-9(2,8)4(7)3(5)6;/h4,7H,1-2H3,(H,5,6);/q;+1/p-1. The van der Waals surface area contributed by atoms with Gasteiger partial charge in [0.1, 0.15) is 13.0 Å². The fraction of sp³-hybridized carbons (Fsp3) is 0.750. The first-order valence-electron chi connectivity index (χ1n) is 2.29. The van der Waals surface area contributed by atoms with Crippen molar-refractivity contribution < 1.29 is 71.0 Å². The number of carboxylic acids is 1. The van der Waals surface area contributed by atoms with Crippen LogP contribution in [0.3, 0.4) is 0 Å². The number of aliphatic hydroxyl groups excluding tert-OH is 1. The molecule has 0 spiro atoms. The molecule has 0 aromatic heterocycles. The molecule has 0 aliphatic carbocycles. The second-order valence-electron chi connectivity index (χ2n) is 2.13. The van der Waals surface area contributed by atoms with Crippen LogP contribution in [0.1, 0.15) is 0 Å². The molecule has 10 heavy (non-hydrogen) atoms. The zero-order valence-electron chi connectivity index (χ0n) is 6.20. The molecule has 0 aliphatic heterocycles. The second-order valence-corrected chi connectivity index (χ2v) is 5.48. The average Bonchev–Trinajstić information content (AvgIpc) is 1.62. The maximum absolute atomic E-state index is 10.7. The number of hydrogen-bond donors (Lipinski definition) is 1. The van der Waals surface area contributed by atoms with Gasteiger partial charge in [0.15, 0.2) is 0 Å². The van der Waals surface area contributed by atoms with Gasteiger partial charge in [0.25, 0.3) is 0 Å². The van der Waals surface area contributed by atoms with Crippen LogP contribution >= 0.6 is 7.14 Å². The molecule has 0 bridgehead atoms. The molecule has 0 saturated carbocycles. The molecule has 0 heterocycles. The Morgan fingerprint density at radius 1 is 1.60 bits per heavy atom. The van der Waals surface area contributed by atoms with Gasteiger partial charge in [0.05, 0.1) is 5.97 Å². The topological polar surface area (TPSA) is 77.4 Å². The van der Waals surface area contributed by atoms with Crippen LogP contribution in [0.5, 0.6) is 0 Å². The average molecular weight is 190 g/mol.